The molecule has 204 valence electrons. The first-order valence-electron chi connectivity index (χ1n) is 13.2. The lowest BCUT2D eigenvalue weighted by Gasteiger charge is -2.44. The Balaban J connectivity index is 1.69. The number of nitrogens with zero attached hydrogens (tertiary/aromatic N) is 2. The maximum atomic E-state index is 14.0. The van der Waals surface area contributed by atoms with Crippen LogP contribution in [0.5, 0.6) is 5.75 Å². The lowest BCUT2D eigenvalue weighted by atomic mass is 9.68. The van der Waals surface area contributed by atoms with Crippen LogP contribution in [0.4, 0.5) is 5.69 Å². The highest BCUT2D eigenvalue weighted by Crippen LogP contribution is 2.51. The van der Waals surface area contributed by atoms with Gasteiger partial charge in [0.05, 0.1) is 27.7 Å². The fourth-order valence-corrected chi connectivity index (χ4v) is 6.72. The number of anilines is 1. The number of ether oxygens (including phenoxy) is 1. The van der Waals surface area contributed by atoms with E-state index in [0.29, 0.717) is 36.4 Å². The maximum absolute atomic E-state index is 14.0. The number of ketones is 1. The van der Waals surface area contributed by atoms with Crippen molar-refractivity contribution in [1.29, 1.82) is 5.26 Å². The minimum absolute atomic E-state index is 0.0560. The number of para-hydroxylation sites is 2. The van der Waals surface area contributed by atoms with Gasteiger partial charge in [-0.25, -0.2) is 0 Å². The number of rotatable bonds is 5. The van der Waals surface area contributed by atoms with E-state index in [0.717, 1.165) is 48.3 Å². The van der Waals surface area contributed by atoms with Gasteiger partial charge in [0.2, 0.25) is 0 Å². The number of allylic oxidation sites excluding steroid dienone is 3. The van der Waals surface area contributed by atoms with Crippen LogP contribution in [-0.4, -0.2) is 5.78 Å². The van der Waals surface area contributed by atoms with E-state index in [9.17, 15) is 10.1 Å². The summed E-state index contributed by atoms with van der Waals surface area (Å²) in [6, 6.07) is 22.1. The van der Waals surface area contributed by atoms with Crippen molar-refractivity contribution in [2.24, 2.45) is 11.1 Å². The number of carbonyl (C=O) groups is 1. The van der Waals surface area contributed by atoms with Gasteiger partial charge in [-0.2, -0.15) is 5.26 Å². The van der Waals surface area contributed by atoms with Gasteiger partial charge in [-0.1, -0.05) is 55.8 Å². The van der Waals surface area contributed by atoms with Gasteiger partial charge in [0, 0.05) is 22.2 Å². The Morgan fingerprint density at radius 3 is 2.40 bits per heavy atom. The van der Waals surface area contributed by atoms with Crippen molar-refractivity contribution in [3.05, 3.63) is 115 Å². The molecule has 5 rings (SSSR count). The molecule has 0 radical (unpaired) electrons. The zero-order chi connectivity index (χ0) is 28.8. The van der Waals surface area contributed by atoms with Crippen molar-refractivity contribution in [3.8, 4) is 11.8 Å². The van der Waals surface area contributed by atoms with Crippen LogP contribution in [-0.2, 0) is 11.4 Å². The van der Waals surface area contributed by atoms with E-state index in [4.69, 9.17) is 10.5 Å². The molecule has 1 atom stereocenters. The summed E-state index contributed by atoms with van der Waals surface area (Å²) in [5.41, 5.74) is 13.3. The minimum atomic E-state index is -0.551. The third-order valence-corrected chi connectivity index (χ3v) is 9.03. The molecule has 0 saturated heterocycles. The summed E-state index contributed by atoms with van der Waals surface area (Å²) < 4.78 is 7.90. The van der Waals surface area contributed by atoms with Crippen LogP contribution in [0.3, 0.4) is 0 Å². The van der Waals surface area contributed by atoms with Crippen LogP contribution in [0, 0.1) is 30.6 Å². The van der Waals surface area contributed by atoms with Gasteiger partial charge >= 0.3 is 0 Å². The van der Waals surface area contributed by atoms with Gasteiger partial charge in [0.15, 0.2) is 5.78 Å². The number of aryl methyl sites for hydroxylation is 1. The average molecular weight is 661 g/mol. The average Bonchev–Trinajstić information content (AvgIpc) is 2.89. The van der Waals surface area contributed by atoms with Crippen molar-refractivity contribution in [2.75, 3.05) is 4.90 Å². The van der Waals surface area contributed by atoms with E-state index >= 15 is 0 Å². The molecule has 2 N–H and O–H groups in total. The second kappa shape index (κ2) is 10.9. The third-order valence-electron chi connectivity index (χ3n) is 7.70. The highest BCUT2D eigenvalue weighted by molar-refractivity contribution is 9.11. The SMILES string of the molecule is Cc1cc(COc2ccccc2Br)c(C)c(C2C(C#N)=C(N)N(c3ccccc3Br)C3=C2C(=O)CC(C)(C)C3)c1. The van der Waals surface area contributed by atoms with Gasteiger partial charge in [0.25, 0.3) is 0 Å². The first-order valence-corrected chi connectivity index (χ1v) is 14.8. The van der Waals surface area contributed by atoms with E-state index in [-0.39, 0.29) is 11.2 Å². The second-order valence-electron chi connectivity index (χ2n) is 11.3. The summed E-state index contributed by atoms with van der Waals surface area (Å²) in [7, 11) is 0. The molecule has 0 fully saturated rings. The quantitative estimate of drug-likeness (QED) is 0.298. The van der Waals surface area contributed by atoms with Gasteiger partial charge in [-0.15, -0.1) is 0 Å². The molecule has 1 aliphatic carbocycles. The van der Waals surface area contributed by atoms with Crippen LogP contribution >= 0.6 is 31.9 Å². The smallest absolute Gasteiger partial charge is 0.162 e. The summed E-state index contributed by atoms with van der Waals surface area (Å²) in [6.45, 7) is 8.64. The van der Waals surface area contributed by atoms with Crippen LogP contribution < -0.4 is 15.4 Å². The molecule has 0 spiro atoms. The molecule has 0 aromatic heterocycles. The van der Waals surface area contributed by atoms with Crippen molar-refractivity contribution in [2.45, 2.75) is 53.1 Å². The molecule has 0 saturated carbocycles. The summed E-state index contributed by atoms with van der Waals surface area (Å²) in [5.74, 6) is 0.615. The largest absolute Gasteiger partial charge is 0.488 e. The second-order valence-corrected chi connectivity index (χ2v) is 13.0. The summed E-state index contributed by atoms with van der Waals surface area (Å²) >= 11 is 7.22. The topological polar surface area (TPSA) is 79.3 Å². The van der Waals surface area contributed by atoms with E-state index in [2.05, 4.69) is 63.9 Å². The predicted molar refractivity (Wildman–Crippen MR) is 166 cm³/mol. The zero-order valence-corrected chi connectivity index (χ0v) is 26.2. The van der Waals surface area contributed by atoms with Gasteiger partial charge < -0.3 is 10.5 Å². The fourth-order valence-electron chi connectivity index (χ4n) is 5.86. The molecule has 1 unspecified atom stereocenters. The molecule has 0 amide bonds. The number of nitriles is 1. The molecular formula is C33H31Br2N3O2. The van der Waals surface area contributed by atoms with E-state index < -0.39 is 5.92 Å². The number of Topliss-reactive ketones (excluding diaryl/α,β-unsaturated/α-hetero) is 1. The number of halogens is 2. The molecule has 7 heteroatoms. The van der Waals surface area contributed by atoms with E-state index in [1.54, 1.807) is 0 Å². The van der Waals surface area contributed by atoms with Crippen LogP contribution in [0.1, 0.15) is 54.9 Å². The Morgan fingerprint density at radius 2 is 1.73 bits per heavy atom. The van der Waals surface area contributed by atoms with Crippen LogP contribution in [0.15, 0.2) is 92.3 Å². The van der Waals surface area contributed by atoms with E-state index in [1.165, 1.54) is 0 Å². The molecule has 1 aliphatic heterocycles. The van der Waals surface area contributed by atoms with Crippen LogP contribution in [0.25, 0.3) is 0 Å². The number of hydrogen-bond acceptors (Lipinski definition) is 5. The lowest BCUT2D eigenvalue weighted by Crippen LogP contribution is -2.42. The lowest BCUT2D eigenvalue weighted by molar-refractivity contribution is -0.118. The third kappa shape index (κ3) is 5.11. The Bertz CT molecular complexity index is 1630. The van der Waals surface area contributed by atoms with Crippen LogP contribution in [0.2, 0.25) is 0 Å². The standard InChI is InChI=1S/C33H31Br2N3O2/c1-19-13-21(18-40-29-12-8-6-10-25(29)35)20(2)22(14-19)30-23(17-36)32(37)38(26-11-7-5-9-24(26)34)27-15-33(3,4)16-28(39)31(27)30/h5-14,30H,15-16,18,37H2,1-4H3. The summed E-state index contributed by atoms with van der Waals surface area (Å²) in [5, 5.41) is 10.5. The first kappa shape index (κ1) is 28.2. The Morgan fingerprint density at radius 1 is 1.05 bits per heavy atom. The van der Waals surface area contributed by atoms with Gasteiger partial charge in [-0.3, -0.25) is 9.69 Å². The van der Waals surface area contributed by atoms with Gasteiger partial charge in [-0.05, 0) is 98.5 Å². The zero-order valence-electron chi connectivity index (χ0n) is 23.0. The normalized spacial score (nSPS) is 18.5. The summed E-state index contributed by atoms with van der Waals surface area (Å²) in [6.07, 6.45) is 1.07. The molecule has 5 nitrogen and oxygen atoms in total. The van der Waals surface area contributed by atoms with Crippen molar-refractivity contribution >= 4 is 43.3 Å². The van der Waals surface area contributed by atoms with E-state index in [1.807, 2.05) is 67.3 Å². The number of hydrogen-bond donors (Lipinski definition) is 1. The molecule has 2 aliphatic rings. The Labute approximate surface area is 252 Å². The number of benzene rings is 3. The highest BCUT2D eigenvalue weighted by Gasteiger charge is 2.45. The predicted octanol–water partition coefficient (Wildman–Crippen LogP) is 8.35. The number of carbonyl (C=O) groups excluding carboxylic acids is 1. The maximum Gasteiger partial charge on any atom is 0.162 e. The monoisotopic (exact) mass is 659 g/mol. The Kier molecular flexibility index (Phi) is 7.69. The van der Waals surface area contributed by atoms with Crippen molar-refractivity contribution in [3.63, 3.8) is 0 Å². The molecular weight excluding hydrogens is 630 g/mol. The molecule has 1 heterocycles. The van der Waals surface area contributed by atoms with Crippen molar-refractivity contribution < 1.29 is 9.53 Å². The van der Waals surface area contributed by atoms with Crippen molar-refractivity contribution in [1.82, 2.24) is 0 Å². The fraction of sp³-hybridized carbons (Fsp3) is 0.273. The summed E-state index contributed by atoms with van der Waals surface area (Å²) in [4.78, 5) is 15.9. The first-order chi connectivity index (χ1) is 19.0. The molecule has 40 heavy (non-hydrogen) atoms. The highest BCUT2D eigenvalue weighted by atomic mass is 79.9. The molecule has 3 aromatic rings. The number of nitrogens with two attached hydrogens (primary N) is 1. The van der Waals surface area contributed by atoms with Gasteiger partial charge in [0.1, 0.15) is 18.2 Å². The minimum Gasteiger partial charge on any atom is -0.488 e. The molecule has 3 aromatic carbocycles. The Hall–Kier alpha value is -3.34. The molecule has 0 bridgehead atoms.